The smallest absolute Gasteiger partial charge is 0.267 e. The first kappa shape index (κ1) is 15.0. The summed E-state index contributed by atoms with van der Waals surface area (Å²) in [6, 6.07) is 6.08. The molecule has 0 unspecified atom stereocenters. The van der Waals surface area contributed by atoms with Crippen molar-refractivity contribution in [2.45, 2.75) is 44.2 Å². The van der Waals surface area contributed by atoms with Crippen LogP contribution < -0.4 is 0 Å². The summed E-state index contributed by atoms with van der Waals surface area (Å²) < 4.78 is 25.9. The van der Waals surface area contributed by atoms with E-state index in [2.05, 4.69) is 0 Å². The quantitative estimate of drug-likeness (QED) is 0.921. The molecule has 0 saturated heterocycles. The Hall–Kier alpha value is -1.40. The molecule has 0 aliphatic carbocycles. The van der Waals surface area contributed by atoms with Crippen molar-refractivity contribution in [2.24, 2.45) is 5.92 Å². The van der Waals surface area contributed by atoms with Gasteiger partial charge in [0.15, 0.2) is 0 Å². The van der Waals surface area contributed by atoms with E-state index in [1.54, 1.807) is 39.0 Å². The summed E-state index contributed by atoms with van der Waals surface area (Å²) in [4.78, 5) is 12.6. The minimum Gasteiger partial charge on any atom is -0.392 e. The zero-order valence-corrected chi connectivity index (χ0v) is 12.6. The third kappa shape index (κ3) is 2.13. The van der Waals surface area contributed by atoms with E-state index in [9.17, 15) is 18.3 Å². The summed E-state index contributed by atoms with van der Waals surface area (Å²) >= 11 is 0. The molecule has 3 atom stereocenters. The number of hydrogen-bond donors (Lipinski definition) is 1. The maximum Gasteiger partial charge on any atom is 0.267 e. The standard InChI is InChI=1S/C14H19NO4S/c1-4-12(16)9(2)14(17)15-10(3)11-7-5-6-8-13(11)20(15,18)19/h5-10,12,16H,4H2,1-3H3/t9-,10-,12+/m1/s1. The van der Waals surface area contributed by atoms with E-state index in [4.69, 9.17) is 0 Å². The molecule has 0 bridgehead atoms. The van der Waals surface area contributed by atoms with Crippen LogP contribution in [0.4, 0.5) is 0 Å². The zero-order chi connectivity index (χ0) is 15.1. The molecule has 1 aliphatic rings. The van der Waals surface area contributed by atoms with Crippen LogP contribution in [0.1, 0.15) is 38.8 Å². The van der Waals surface area contributed by atoms with E-state index in [-0.39, 0.29) is 4.90 Å². The molecule has 110 valence electrons. The molecule has 20 heavy (non-hydrogen) atoms. The molecule has 0 saturated carbocycles. The van der Waals surface area contributed by atoms with E-state index in [1.165, 1.54) is 6.07 Å². The summed E-state index contributed by atoms with van der Waals surface area (Å²) in [5.41, 5.74) is 0.624. The predicted molar refractivity (Wildman–Crippen MR) is 74.4 cm³/mol. The average Bonchev–Trinajstić information content (AvgIpc) is 2.64. The molecule has 1 amide bonds. The van der Waals surface area contributed by atoms with Crippen molar-refractivity contribution < 1.29 is 18.3 Å². The number of carbonyl (C=O) groups is 1. The minimum absolute atomic E-state index is 0.180. The number of aliphatic hydroxyl groups excluding tert-OH is 1. The molecule has 1 aromatic carbocycles. The molecular weight excluding hydrogens is 278 g/mol. The Labute approximate surface area is 119 Å². The molecular formula is C14H19NO4S. The van der Waals surface area contributed by atoms with Crippen LogP contribution in [0.5, 0.6) is 0 Å². The molecule has 0 aromatic heterocycles. The topological polar surface area (TPSA) is 74.7 Å². The van der Waals surface area contributed by atoms with Gasteiger partial charge in [-0.1, -0.05) is 32.0 Å². The van der Waals surface area contributed by atoms with Crippen molar-refractivity contribution >= 4 is 15.9 Å². The third-order valence-corrected chi connectivity index (χ3v) is 5.80. The van der Waals surface area contributed by atoms with E-state index in [0.717, 1.165) is 4.31 Å². The Balaban J connectivity index is 2.43. The van der Waals surface area contributed by atoms with Gasteiger partial charge in [0.1, 0.15) is 0 Å². The van der Waals surface area contributed by atoms with E-state index in [0.29, 0.717) is 12.0 Å². The number of hydrogen-bond acceptors (Lipinski definition) is 4. The van der Waals surface area contributed by atoms with Gasteiger partial charge >= 0.3 is 0 Å². The Bertz CT molecular complexity index is 626. The molecule has 6 heteroatoms. The Morgan fingerprint density at radius 3 is 2.55 bits per heavy atom. The van der Waals surface area contributed by atoms with Gasteiger partial charge in [-0.15, -0.1) is 0 Å². The number of aliphatic hydroxyl groups is 1. The maximum absolute atomic E-state index is 12.5. The van der Waals surface area contributed by atoms with Crippen molar-refractivity contribution in [1.29, 1.82) is 0 Å². The molecule has 5 nitrogen and oxygen atoms in total. The molecule has 2 rings (SSSR count). The van der Waals surface area contributed by atoms with Gasteiger partial charge in [-0.3, -0.25) is 4.79 Å². The van der Waals surface area contributed by atoms with Crippen LogP contribution in [0.15, 0.2) is 29.2 Å². The number of rotatable bonds is 3. The normalized spacial score (nSPS) is 23.2. The van der Waals surface area contributed by atoms with Gasteiger partial charge in [-0.05, 0) is 25.0 Å². The second-order valence-corrected chi connectivity index (χ2v) is 6.90. The molecule has 0 fully saturated rings. The van der Waals surface area contributed by atoms with Crippen LogP contribution in [0, 0.1) is 5.92 Å². The second-order valence-electron chi connectivity index (χ2n) is 5.12. The number of amides is 1. The fourth-order valence-corrected chi connectivity index (χ4v) is 4.46. The minimum atomic E-state index is -3.81. The molecule has 0 spiro atoms. The fraction of sp³-hybridized carbons (Fsp3) is 0.500. The van der Waals surface area contributed by atoms with Crippen molar-refractivity contribution in [1.82, 2.24) is 4.31 Å². The third-order valence-electron chi connectivity index (χ3n) is 3.86. The van der Waals surface area contributed by atoms with Gasteiger partial charge in [0.25, 0.3) is 10.0 Å². The van der Waals surface area contributed by atoms with Crippen molar-refractivity contribution in [3.05, 3.63) is 29.8 Å². The Morgan fingerprint density at radius 1 is 1.40 bits per heavy atom. The number of fused-ring (bicyclic) bond motifs is 1. The Kier molecular flexibility index (Phi) is 3.88. The number of benzene rings is 1. The van der Waals surface area contributed by atoms with E-state index >= 15 is 0 Å². The lowest BCUT2D eigenvalue weighted by Gasteiger charge is -2.26. The molecule has 0 radical (unpaired) electrons. The summed E-state index contributed by atoms with van der Waals surface area (Å²) in [6.07, 6.45) is -0.434. The van der Waals surface area contributed by atoms with Crippen LogP contribution >= 0.6 is 0 Å². The van der Waals surface area contributed by atoms with Crippen LogP contribution in [0.2, 0.25) is 0 Å². The molecule has 1 aliphatic heterocycles. The SMILES string of the molecule is CC[C@H](O)[C@@H](C)C(=O)N1[C@H](C)c2ccccc2S1(=O)=O. The van der Waals surface area contributed by atoms with Crippen molar-refractivity contribution in [3.8, 4) is 0 Å². The zero-order valence-electron chi connectivity index (χ0n) is 11.8. The first-order valence-corrected chi connectivity index (χ1v) is 8.11. The van der Waals surface area contributed by atoms with Gasteiger partial charge in [0.2, 0.25) is 5.91 Å². The van der Waals surface area contributed by atoms with Crippen LogP contribution in [0.3, 0.4) is 0 Å². The van der Waals surface area contributed by atoms with Crippen LogP contribution in [-0.2, 0) is 14.8 Å². The Morgan fingerprint density at radius 2 is 2.00 bits per heavy atom. The van der Waals surface area contributed by atoms with E-state index < -0.39 is 34.0 Å². The van der Waals surface area contributed by atoms with Gasteiger partial charge < -0.3 is 5.11 Å². The van der Waals surface area contributed by atoms with Crippen molar-refractivity contribution in [3.63, 3.8) is 0 Å². The monoisotopic (exact) mass is 297 g/mol. The van der Waals surface area contributed by atoms with Gasteiger partial charge in [0.05, 0.1) is 23.0 Å². The lowest BCUT2D eigenvalue weighted by Crippen LogP contribution is -2.41. The first-order chi connectivity index (χ1) is 9.32. The summed E-state index contributed by atoms with van der Waals surface area (Å²) in [5, 5.41) is 9.79. The highest BCUT2D eigenvalue weighted by Gasteiger charge is 2.45. The second kappa shape index (κ2) is 5.18. The van der Waals surface area contributed by atoms with Crippen molar-refractivity contribution in [2.75, 3.05) is 0 Å². The molecule has 1 N–H and O–H groups in total. The fourth-order valence-electron chi connectivity index (χ4n) is 2.53. The highest BCUT2D eigenvalue weighted by Crippen LogP contribution is 2.40. The highest BCUT2D eigenvalue weighted by molar-refractivity contribution is 7.90. The van der Waals surface area contributed by atoms with Crippen LogP contribution in [-0.4, -0.2) is 29.8 Å². The number of carbonyl (C=O) groups excluding carboxylic acids is 1. The van der Waals surface area contributed by atoms with Gasteiger partial charge in [0, 0.05) is 0 Å². The van der Waals surface area contributed by atoms with Gasteiger partial charge in [-0.2, -0.15) is 0 Å². The first-order valence-electron chi connectivity index (χ1n) is 6.67. The van der Waals surface area contributed by atoms with Crippen LogP contribution in [0.25, 0.3) is 0 Å². The lowest BCUT2D eigenvalue weighted by molar-refractivity contribution is -0.134. The summed E-state index contributed by atoms with van der Waals surface area (Å²) in [7, 11) is -3.81. The predicted octanol–water partition coefficient (Wildman–Crippen LogP) is 1.69. The van der Waals surface area contributed by atoms with Gasteiger partial charge in [-0.25, -0.2) is 12.7 Å². The number of sulfonamides is 1. The number of nitrogens with zero attached hydrogens (tertiary/aromatic N) is 1. The summed E-state index contributed by atoms with van der Waals surface area (Å²) in [5.74, 6) is -1.30. The maximum atomic E-state index is 12.5. The highest BCUT2D eigenvalue weighted by atomic mass is 32.2. The van der Waals surface area contributed by atoms with E-state index in [1.807, 2.05) is 0 Å². The molecule has 1 heterocycles. The largest absolute Gasteiger partial charge is 0.392 e. The average molecular weight is 297 g/mol. The lowest BCUT2D eigenvalue weighted by atomic mass is 10.0. The summed E-state index contributed by atoms with van der Waals surface area (Å²) in [6.45, 7) is 5.00. The molecule has 1 aromatic rings.